The van der Waals surface area contributed by atoms with Gasteiger partial charge in [-0.25, -0.2) is 9.59 Å². The zero-order chi connectivity index (χ0) is 33.8. The number of ether oxygens (including phenoxy) is 3. The van der Waals surface area contributed by atoms with E-state index in [-0.39, 0.29) is 19.0 Å². The van der Waals surface area contributed by atoms with E-state index in [0.717, 1.165) is 29.2 Å². The Kier molecular flexibility index (Phi) is 12.7. The van der Waals surface area contributed by atoms with Gasteiger partial charge in [0.1, 0.15) is 18.1 Å². The lowest BCUT2D eigenvalue weighted by atomic mass is 9.98. The lowest BCUT2D eigenvalue weighted by Gasteiger charge is -2.15. The molecule has 0 saturated carbocycles. The van der Waals surface area contributed by atoms with E-state index in [4.69, 9.17) is 35.0 Å². The van der Waals surface area contributed by atoms with E-state index in [9.17, 15) is 9.59 Å². The van der Waals surface area contributed by atoms with Crippen LogP contribution in [-0.4, -0.2) is 78.9 Å². The molecule has 5 rings (SSSR count). The summed E-state index contributed by atoms with van der Waals surface area (Å²) in [4.78, 5) is 45.5. The van der Waals surface area contributed by atoms with E-state index in [0.29, 0.717) is 24.3 Å². The van der Waals surface area contributed by atoms with Gasteiger partial charge in [-0.1, -0.05) is 30.3 Å². The highest BCUT2D eigenvalue weighted by atomic mass is 32.1. The highest BCUT2D eigenvalue weighted by Crippen LogP contribution is 2.41. The van der Waals surface area contributed by atoms with Crippen molar-refractivity contribution in [3.05, 3.63) is 83.4 Å². The molecule has 248 valence electrons. The lowest BCUT2D eigenvalue weighted by Crippen LogP contribution is -2.25. The van der Waals surface area contributed by atoms with Crippen molar-refractivity contribution in [2.45, 2.75) is 32.1 Å². The summed E-state index contributed by atoms with van der Waals surface area (Å²) in [5.41, 5.74) is 9.37. The Hall–Kier alpha value is -4.94. The van der Waals surface area contributed by atoms with Gasteiger partial charge in [-0.3, -0.25) is 14.5 Å². The monoisotopic (exact) mass is 662 g/mol. The van der Waals surface area contributed by atoms with Gasteiger partial charge in [-0.2, -0.15) is 0 Å². The molecule has 2 heterocycles. The first-order chi connectivity index (χ1) is 22.7. The Morgan fingerprint density at radius 3 is 2.26 bits per heavy atom. The maximum absolute atomic E-state index is 12.4. The molecule has 1 amide bonds. The second kappa shape index (κ2) is 17.1. The molecular formula is C35H38N2O9S. The first-order valence-electron chi connectivity index (χ1n) is 15.2. The van der Waals surface area contributed by atoms with Crippen molar-refractivity contribution in [3.63, 3.8) is 0 Å². The standard InChI is InChI=1S/C33H36N2O5S.C2H2O4/c1-38-31(36)9-6-19-40-29-15-12-24(22-28(29)33(34)37)32-27(26-7-2-3-8-30(26)41-32)21-23-10-13-25(14-11-23)39-20-18-35-16-4-5-17-35;3-1(4)2(5)6/h2-3,7-8,10-15,22H,4-6,9,16-21H2,1H3,(H2,34,37);(H,3,4)(H,5,6). The quantitative estimate of drug-likeness (QED) is 0.0982. The molecule has 1 aliphatic heterocycles. The molecule has 4 N–H and O–H groups in total. The van der Waals surface area contributed by atoms with Crippen LogP contribution in [0.5, 0.6) is 11.5 Å². The topological polar surface area (TPSA) is 166 Å². The summed E-state index contributed by atoms with van der Waals surface area (Å²) in [6.07, 6.45) is 4.04. The first-order valence-corrected chi connectivity index (χ1v) is 16.0. The molecule has 47 heavy (non-hydrogen) atoms. The summed E-state index contributed by atoms with van der Waals surface area (Å²) in [6.45, 7) is 4.29. The smallest absolute Gasteiger partial charge is 0.414 e. The molecule has 0 radical (unpaired) electrons. The molecule has 0 spiro atoms. The minimum absolute atomic E-state index is 0.247. The SMILES string of the molecule is COC(=O)CCCOc1ccc(-c2sc3ccccc3c2Cc2ccc(OCCN3CCCC3)cc2)cc1C(N)=O.O=C(O)C(=O)O. The van der Waals surface area contributed by atoms with Crippen molar-refractivity contribution < 1.29 is 43.6 Å². The van der Waals surface area contributed by atoms with Crippen LogP contribution in [0.25, 0.3) is 20.5 Å². The minimum atomic E-state index is -1.82. The van der Waals surface area contributed by atoms with Gasteiger partial charge in [-0.15, -0.1) is 11.3 Å². The molecular weight excluding hydrogens is 624 g/mol. The maximum Gasteiger partial charge on any atom is 0.414 e. The zero-order valence-electron chi connectivity index (χ0n) is 26.1. The Labute approximate surface area is 276 Å². The number of hydrogen-bond acceptors (Lipinski definition) is 9. The van der Waals surface area contributed by atoms with Gasteiger partial charge in [0.25, 0.3) is 5.91 Å². The van der Waals surface area contributed by atoms with E-state index in [1.165, 1.54) is 54.3 Å². The molecule has 11 nitrogen and oxygen atoms in total. The number of primary amides is 1. The van der Waals surface area contributed by atoms with Gasteiger partial charge in [0.15, 0.2) is 0 Å². The number of carbonyl (C=O) groups is 4. The number of thiophene rings is 1. The van der Waals surface area contributed by atoms with Crippen LogP contribution in [0.3, 0.4) is 0 Å². The van der Waals surface area contributed by atoms with Crippen molar-refractivity contribution in [2.75, 3.05) is 40.0 Å². The maximum atomic E-state index is 12.4. The molecule has 0 aliphatic carbocycles. The van der Waals surface area contributed by atoms with Crippen molar-refractivity contribution in [3.8, 4) is 21.9 Å². The molecule has 3 aromatic carbocycles. The highest BCUT2D eigenvalue weighted by Gasteiger charge is 2.18. The molecule has 12 heteroatoms. The number of hydrogen-bond donors (Lipinski definition) is 3. The molecule has 1 aromatic heterocycles. The first kappa shape index (κ1) is 34.9. The van der Waals surface area contributed by atoms with Crippen LogP contribution in [0.1, 0.15) is 47.2 Å². The van der Waals surface area contributed by atoms with Crippen molar-refractivity contribution in [2.24, 2.45) is 5.73 Å². The molecule has 1 fully saturated rings. The van der Waals surface area contributed by atoms with Crippen LogP contribution in [0.2, 0.25) is 0 Å². The number of likely N-dealkylation sites (tertiary alicyclic amines) is 1. The highest BCUT2D eigenvalue weighted by molar-refractivity contribution is 7.22. The van der Waals surface area contributed by atoms with Crippen LogP contribution in [0.4, 0.5) is 0 Å². The molecule has 0 unspecified atom stereocenters. The molecule has 0 bridgehead atoms. The fourth-order valence-electron chi connectivity index (χ4n) is 5.20. The Morgan fingerprint density at radius 1 is 0.894 bits per heavy atom. The normalized spacial score (nSPS) is 12.6. The van der Waals surface area contributed by atoms with Crippen molar-refractivity contribution in [1.82, 2.24) is 4.90 Å². The van der Waals surface area contributed by atoms with Gasteiger partial charge in [0.2, 0.25) is 0 Å². The fourth-order valence-corrected chi connectivity index (χ4v) is 6.42. The summed E-state index contributed by atoms with van der Waals surface area (Å²) in [5, 5.41) is 16.0. The molecule has 4 aromatic rings. The third-order valence-corrected chi connectivity index (χ3v) is 8.84. The van der Waals surface area contributed by atoms with Crippen LogP contribution in [-0.2, 0) is 25.5 Å². The summed E-state index contributed by atoms with van der Waals surface area (Å²) < 4.78 is 17.7. The largest absolute Gasteiger partial charge is 0.493 e. The molecule has 1 saturated heterocycles. The van der Waals surface area contributed by atoms with Gasteiger partial charge in [-0.05, 0) is 97.2 Å². The second-order valence-electron chi connectivity index (χ2n) is 10.8. The van der Waals surface area contributed by atoms with E-state index in [1.54, 1.807) is 17.4 Å². The number of nitrogens with two attached hydrogens (primary N) is 1. The van der Waals surface area contributed by atoms with E-state index < -0.39 is 17.8 Å². The van der Waals surface area contributed by atoms with Crippen LogP contribution in [0.15, 0.2) is 66.7 Å². The van der Waals surface area contributed by atoms with Crippen LogP contribution >= 0.6 is 11.3 Å². The number of rotatable bonds is 13. The van der Waals surface area contributed by atoms with Gasteiger partial charge >= 0.3 is 17.9 Å². The number of carboxylic acids is 2. The van der Waals surface area contributed by atoms with Gasteiger partial charge in [0, 0.05) is 22.5 Å². The van der Waals surface area contributed by atoms with Gasteiger partial charge in [0.05, 0.1) is 19.3 Å². The Balaban J connectivity index is 0.000000762. The summed E-state index contributed by atoms with van der Waals surface area (Å²) >= 11 is 1.70. The number of fused-ring (bicyclic) bond motifs is 1. The fraction of sp³-hybridized carbons (Fsp3) is 0.314. The lowest BCUT2D eigenvalue weighted by molar-refractivity contribution is -0.159. The average molecular weight is 663 g/mol. The predicted octanol–water partition coefficient (Wildman–Crippen LogP) is 5.22. The number of carbonyl (C=O) groups excluding carboxylic acids is 2. The number of nitrogens with zero attached hydrogens (tertiary/aromatic N) is 1. The van der Waals surface area contributed by atoms with Crippen molar-refractivity contribution >= 4 is 45.2 Å². The summed E-state index contributed by atoms with van der Waals surface area (Å²) in [7, 11) is 1.36. The summed E-state index contributed by atoms with van der Waals surface area (Å²) in [5.74, 6) is -3.20. The van der Waals surface area contributed by atoms with Crippen molar-refractivity contribution in [1.29, 1.82) is 0 Å². The van der Waals surface area contributed by atoms with E-state index in [2.05, 4.69) is 40.0 Å². The number of amides is 1. The van der Waals surface area contributed by atoms with Crippen LogP contribution < -0.4 is 15.2 Å². The number of carboxylic acid groups (broad SMARTS) is 2. The number of esters is 1. The zero-order valence-corrected chi connectivity index (χ0v) is 26.9. The second-order valence-corrected chi connectivity index (χ2v) is 11.9. The average Bonchev–Trinajstić information content (AvgIpc) is 3.72. The number of methoxy groups -OCH3 is 1. The van der Waals surface area contributed by atoms with Crippen LogP contribution in [0, 0.1) is 0 Å². The predicted molar refractivity (Wildman–Crippen MR) is 178 cm³/mol. The Bertz CT molecular complexity index is 1680. The van der Waals surface area contributed by atoms with Gasteiger partial charge < -0.3 is 30.2 Å². The number of aliphatic carboxylic acids is 2. The van der Waals surface area contributed by atoms with E-state index >= 15 is 0 Å². The molecule has 0 atom stereocenters. The minimum Gasteiger partial charge on any atom is -0.493 e. The third-order valence-electron chi connectivity index (χ3n) is 7.58. The molecule has 1 aliphatic rings. The third kappa shape index (κ3) is 10.0. The summed E-state index contributed by atoms with van der Waals surface area (Å²) in [6, 6.07) is 22.3. The Morgan fingerprint density at radius 2 is 1.60 bits per heavy atom. The van der Waals surface area contributed by atoms with E-state index in [1.807, 2.05) is 30.3 Å². The number of benzene rings is 3.